The molecule has 8 heterocycles. The first-order chi connectivity index (χ1) is 45.5. The number of nitrogens with two attached hydrogens (primary N) is 9. The molecule has 16 aromatic rings. The first-order valence-electron chi connectivity index (χ1n) is 27.2. The number of rotatable bonds is 4. The van der Waals surface area contributed by atoms with Gasteiger partial charge in [-0.05, 0) is 97.1 Å². The number of para-hydroxylation sites is 2. The van der Waals surface area contributed by atoms with Gasteiger partial charge in [0.1, 0.15) is 33.5 Å². The predicted octanol–water partition coefficient (Wildman–Crippen LogP) is 12.8. The van der Waals surface area contributed by atoms with Gasteiger partial charge in [0, 0.05) is 19.8 Å². The number of hydrogen-bond donors (Lipinski definition) is 9. The second-order valence-corrected chi connectivity index (χ2v) is 19.9. The Bertz CT molecular complexity index is 5030. The molecule has 0 fully saturated rings. The average molecular weight is 1330 g/mol. The Morgan fingerprint density at radius 1 is 0.389 bits per heavy atom. The van der Waals surface area contributed by atoms with Gasteiger partial charge in [-0.1, -0.05) is 107 Å². The number of methoxy groups -OCH3 is 1. The Kier molecular flexibility index (Phi) is 20.5. The van der Waals surface area contributed by atoms with Crippen LogP contribution in [0, 0.1) is 11.6 Å². The minimum atomic E-state index is -4.39. The van der Waals surface area contributed by atoms with E-state index in [4.69, 9.17) is 99.6 Å². The maximum absolute atomic E-state index is 12.9. The van der Waals surface area contributed by atoms with E-state index in [-0.39, 0.29) is 45.1 Å². The third-order valence-electron chi connectivity index (χ3n) is 13.0. The van der Waals surface area contributed by atoms with Crippen LogP contribution in [0.2, 0.25) is 5.02 Å². The first-order valence-corrected chi connectivity index (χ1v) is 27.6. The molecule has 34 heteroatoms. The quantitative estimate of drug-likeness (QED) is 0.0583. The lowest BCUT2D eigenvalue weighted by molar-refractivity contribution is -0.153. The molecule has 8 aromatic heterocycles. The predicted molar refractivity (Wildman–Crippen MR) is 349 cm³/mol. The van der Waals surface area contributed by atoms with Crippen LogP contribution in [0.3, 0.4) is 0 Å². The molecule has 0 unspecified atom stereocenters. The van der Waals surface area contributed by atoms with E-state index in [0.29, 0.717) is 84.0 Å². The molecule has 490 valence electrons. The molecule has 0 bridgehead atoms. The molecule has 0 aliphatic heterocycles. The van der Waals surface area contributed by atoms with Crippen molar-refractivity contribution in [2.45, 2.75) is 6.18 Å². The minimum absolute atomic E-state index is 0.00720. The topological polar surface area (TPSA) is 464 Å². The smallest absolute Gasteiger partial charge is 0.422 e. The lowest BCUT2D eigenvalue weighted by Crippen LogP contribution is -2.19. The molecular weight excluding hydrogens is 1280 g/mol. The molecule has 16 rings (SSSR count). The van der Waals surface area contributed by atoms with Gasteiger partial charge in [-0.15, -0.1) is 0 Å². The van der Waals surface area contributed by atoms with E-state index in [1.165, 1.54) is 24.3 Å². The summed E-state index contributed by atoms with van der Waals surface area (Å²) in [7, 11) is 5.50. The number of aromatic nitrogens is 8. The Balaban J connectivity index is 0.000000128. The van der Waals surface area contributed by atoms with E-state index in [1.807, 2.05) is 73.6 Å². The normalized spacial score (nSPS) is 10.8. The van der Waals surface area contributed by atoms with Gasteiger partial charge in [0.25, 0.3) is 0 Å². The monoisotopic (exact) mass is 1330 g/mol. The molecule has 0 aliphatic carbocycles. The number of alkyl halides is 3. The van der Waals surface area contributed by atoms with Crippen LogP contribution >= 0.6 is 11.6 Å². The number of anilines is 10. The number of nitrogen functional groups attached to an aromatic ring is 9. The number of nitrogens with zero attached hydrogens (tertiary/aromatic N) is 9. The van der Waals surface area contributed by atoms with Crippen molar-refractivity contribution in [3.63, 3.8) is 0 Å². The first kappa shape index (κ1) is 66.5. The summed E-state index contributed by atoms with van der Waals surface area (Å²) in [5, 5.41) is 33.9. The highest BCUT2D eigenvalue weighted by Gasteiger charge is 2.29. The van der Waals surface area contributed by atoms with Gasteiger partial charge >= 0.3 is 6.18 Å². The summed E-state index contributed by atoms with van der Waals surface area (Å²) >= 11 is 5.82. The maximum atomic E-state index is 12.9. The Morgan fingerprint density at radius 3 is 1.31 bits per heavy atom. The van der Waals surface area contributed by atoms with Crippen LogP contribution in [0.1, 0.15) is 0 Å². The van der Waals surface area contributed by atoms with Crippen molar-refractivity contribution >= 4 is 157 Å². The molecule has 0 spiro atoms. The van der Waals surface area contributed by atoms with E-state index in [0.717, 1.165) is 33.0 Å². The molecule has 95 heavy (non-hydrogen) atoms. The zero-order chi connectivity index (χ0) is 68.1. The van der Waals surface area contributed by atoms with Gasteiger partial charge in [0.05, 0.1) is 44.8 Å². The summed E-state index contributed by atoms with van der Waals surface area (Å²) in [5.74, 6) is 2.12. The number of hydrogen-bond acceptors (Lipinski definition) is 28. The third kappa shape index (κ3) is 15.6. The number of fused-ring (bicyclic) bond motifs is 8. The average Bonchev–Trinajstić information content (AvgIpc) is 2.08. The van der Waals surface area contributed by atoms with Crippen molar-refractivity contribution in [1.29, 1.82) is 0 Å². The van der Waals surface area contributed by atoms with Crippen LogP contribution in [-0.2, 0) is 0 Å². The highest BCUT2D eigenvalue weighted by atomic mass is 35.5. The largest absolute Gasteiger partial charge is 0.496 e. The van der Waals surface area contributed by atoms with E-state index in [9.17, 15) is 22.0 Å². The van der Waals surface area contributed by atoms with Crippen molar-refractivity contribution in [2.24, 2.45) is 0 Å². The lowest BCUT2D eigenvalue weighted by Gasteiger charge is -2.12. The van der Waals surface area contributed by atoms with E-state index >= 15 is 0 Å². The molecule has 0 saturated heterocycles. The maximum Gasteiger partial charge on any atom is 0.422 e. The van der Waals surface area contributed by atoms with Crippen LogP contribution in [0.15, 0.2) is 188 Å². The zero-order valence-corrected chi connectivity index (χ0v) is 50.5. The van der Waals surface area contributed by atoms with Gasteiger partial charge in [0.15, 0.2) is 98.0 Å². The van der Waals surface area contributed by atoms with Crippen molar-refractivity contribution in [2.75, 3.05) is 84.3 Å². The van der Waals surface area contributed by atoms with Crippen LogP contribution in [0.4, 0.5) is 79.9 Å². The van der Waals surface area contributed by atoms with Crippen LogP contribution in [-0.4, -0.2) is 75.2 Å². The van der Waals surface area contributed by atoms with Gasteiger partial charge < -0.3 is 102 Å². The molecular formula is C61H54ClF5N18O10. The van der Waals surface area contributed by atoms with Crippen LogP contribution in [0.25, 0.3) is 87.8 Å². The lowest BCUT2D eigenvalue weighted by atomic mass is 10.2. The van der Waals surface area contributed by atoms with E-state index in [2.05, 4.69) is 50.5 Å². The number of ether oxygens (including phenoxy) is 2. The highest BCUT2D eigenvalue weighted by Crippen LogP contribution is 2.34. The van der Waals surface area contributed by atoms with Gasteiger partial charge in [-0.2, -0.15) is 13.2 Å². The van der Waals surface area contributed by atoms with Crippen molar-refractivity contribution < 1.29 is 67.6 Å². The Morgan fingerprint density at radius 2 is 0.768 bits per heavy atom. The summed E-state index contributed by atoms with van der Waals surface area (Å²) in [6, 6.07) is 42.7. The SMILES string of the molecule is CN(C)c1cccc2onc(N)c12.COc1cccc2onc(N)c12.Nc1cccc2onc(N)c12.Nc1noc2c(F)cccc12.Nc1noc2cccc(Cl)c12.Nc1noc2cccc(F)c12.Nc1noc2cccc(OCC(F)(F)F)c12.Nc1noc2ccccc12. The van der Waals surface area contributed by atoms with Crippen molar-refractivity contribution in [3.05, 3.63) is 168 Å². The van der Waals surface area contributed by atoms with Gasteiger partial charge in [-0.25, -0.2) is 8.78 Å². The number of benzene rings is 8. The second-order valence-electron chi connectivity index (χ2n) is 19.5. The summed E-state index contributed by atoms with van der Waals surface area (Å²) in [5.41, 5.74) is 55.2. The highest BCUT2D eigenvalue weighted by molar-refractivity contribution is 6.36. The van der Waals surface area contributed by atoms with E-state index in [1.54, 1.807) is 79.9 Å². The van der Waals surface area contributed by atoms with E-state index < -0.39 is 24.4 Å². The zero-order valence-electron chi connectivity index (χ0n) is 49.7. The number of halogens is 6. The van der Waals surface area contributed by atoms with Gasteiger partial charge in [0.2, 0.25) is 5.58 Å². The fourth-order valence-corrected chi connectivity index (χ4v) is 8.89. The molecule has 0 amide bonds. The molecule has 8 aromatic carbocycles. The summed E-state index contributed by atoms with van der Waals surface area (Å²) in [6.07, 6.45) is -4.39. The standard InChI is InChI=1S/C9H7F3N2O2.C9H11N3O.C8H8N2O2.C7H5ClN2O.2C7H5FN2O.C7H7N3O.C7H6N2O/c10-9(11,12)4-15-5-2-1-3-6-7(5)8(13)14-16-6;1-12(2)6-4-3-5-7-8(6)9(10)11-13-7;1-11-5-3-2-4-6-7(5)8(9)10-12-6;2*8-4-2-1-3-5-6(4)7(9)10-11-5;8-5-3-1-2-4-6(5)11-10-7(4)9;8-4-2-1-3-5-6(4)7(9)10-11-5;8-7-5-3-1-2-4-6(5)10-9-7/h1-3H,4H2,(H2,13,14);3-5H,1-2H3,(H2,10,11);2-4H,1H3,(H2,9,10);3*1-3H,(H2,9,10);1-3H,8H2,(H2,9,10);1-4H,(H2,8,9). The molecule has 0 atom stereocenters. The summed E-state index contributed by atoms with van der Waals surface area (Å²) in [4.78, 5) is 1.98. The molecule has 0 radical (unpaired) electrons. The minimum Gasteiger partial charge on any atom is -0.496 e. The molecule has 18 N–H and O–H groups in total. The van der Waals surface area contributed by atoms with Crippen molar-refractivity contribution in [3.8, 4) is 11.5 Å². The second kappa shape index (κ2) is 29.3. The fraction of sp³-hybridized carbons (Fsp3) is 0.0820. The molecule has 0 aliphatic rings. The fourth-order valence-electron chi connectivity index (χ4n) is 8.63. The molecule has 0 saturated carbocycles. The summed E-state index contributed by atoms with van der Waals surface area (Å²) in [6.45, 7) is -1.38. The van der Waals surface area contributed by atoms with Crippen LogP contribution in [0.5, 0.6) is 11.5 Å². The summed E-state index contributed by atoms with van der Waals surface area (Å²) < 4.78 is 110. The Labute approximate surface area is 534 Å². The molecule has 28 nitrogen and oxygen atoms in total. The van der Waals surface area contributed by atoms with Crippen molar-refractivity contribution in [1.82, 2.24) is 41.3 Å². The van der Waals surface area contributed by atoms with Gasteiger partial charge in [-0.3, -0.25) is 0 Å². The Hall–Kier alpha value is -12.9. The third-order valence-corrected chi connectivity index (χ3v) is 13.3. The van der Waals surface area contributed by atoms with Crippen LogP contribution < -0.4 is 66.0 Å².